The normalized spacial score (nSPS) is 11.5. The highest BCUT2D eigenvalue weighted by atomic mass is 16.3. The summed E-state index contributed by atoms with van der Waals surface area (Å²) in [4.78, 5) is 15.1. The minimum absolute atomic E-state index is 0.578. The standard InChI is InChI=1S/C57H36N4O/c1-5-14-37(15-6-1)40-24-26-42(27-25-40)56-58-55(41-20-11-4-12-21-41)59-57(60-56)45-28-31-46-53(36-45)62-52-23-13-22-51(54(46)52)61-49-32-29-43(38-16-7-2-8-17-38)34-47(49)48-35-44(30-33-50(48)61)39-18-9-3-10-19-39/h1-36H. The van der Waals surface area contributed by atoms with E-state index in [4.69, 9.17) is 19.4 Å². The van der Waals surface area contributed by atoms with Crippen molar-refractivity contribution in [2.45, 2.75) is 0 Å². The van der Waals surface area contributed by atoms with E-state index in [-0.39, 0.29) is 0 Å². The molecule has 5 nitrogen and oxygen atoms in total. The van der Waals surface area contributed by atoms with Gasteiger partial charge in [0.1, 0.15) is 11.2 Å². The summed E-state index contributed by atoms with van der Waals surface area (Å²) in [5.41, 5.74) is 14.6. The van der Waals surface area contributed by atoms with Crippen LogP contribution >= 0.6 is 0 Å². The van der Waals surface area contributed by atoms with Crippen LogP contribution in [0, 0.1) is 0 Å². The lowest BCUT2D eigenvalue weighted by molar-refractivity contribution is 0.669. The minimum atomic E-state index is 0.578. The average Bonchev–Trinajstić information content (AvgIpc) is 3.90. The first-order chi connectivity index (χ1) is 30.7. The van der Waals surface area contributed by atoms with E-state index in [0.29, 0.717) is 17.5 Å². The number of rotatable bonds is 7. The molecule has 0 spiro atoms. The van der Waals surface area contributed by atoms with Crippen LogP contribution < -0.4 is 0 Å². The molecule has 0 unspecified atom stereocenters. The maximum absolute atomic E-state index is 6.73. The van der Waals surface area contributed by atoms with E-state index >= 15 is 0 Å². The summed E-state index contributed by atoms with van der Waals surface area (Å²) in [6, 6.07) is 76.4. The molecule has 0 N–H and O–H groups in total. The van der Waals surface area contributed by atoms with Gasteiger partial charge in [0.2, 0.25) is 0 Å². The van der Waals surface area contributed by atoms with E-state index in [1.807, 2.05) is 36.4 Å². The first kappa shape index (κ1) is 35.5. The molecule has 0 atom stereocenters. The minimum Gasteiger partial charge on any atom is -0.456 e. The lowest BCUT2D eigenvalue weighted by atomic mass is 10.0. The monoisotopic (exact) mass is 792 g/mol. The largest absolute Gasteiger partial charge is 0.456 e. The zero-order valence-corrected chi connectivity index (χ0v) is 33.5. The Morgan fingerprint density at radius 3 is 1.26 bits per heavy atom. The van der Waals surface area contributed by atoms with Crippen molar-refractivity contribution in [3.63, 3.8) is 0 Å². The first-order valence-electron chi connectivity index (χ1n) is 20.8. The molecule has 0 aliphatic heterocycles. The van der Waals surface area contributed by atoms with E-state index in [0.717, 1.165) is 66.5 Å². The molecular weight excluding hydrogens is 757 g/mol. The van der Waals surface area contributed by atoms with E-state index in [9.17, 15) is 0 Å². The average molecular weight is 793 g/mol. The summed E-state index contributed by atoms with van der Waals surface area (Å²) in [6.45, 7) is 0. The molecule has 12 rings (SSSR count). The van der Waals surface area contributed by atoms with Crippen LogP contribution in [0.1, 0.15) is 0 Å². The van der Waals surface area contributed by atoms with Gasteiger partial charge in [-0.1, -0.05) is 170 Å². The predicted molar refractivity (Wildman–Crippen MR) is 254 cm³/mol. The van der Waals surface area contributed by atoms with Crippen LogP contribution in [-0.2, 0) is 0 Å². The molecule has 9 aromatic carbocycles. The number of benzene rings is 9. The SMILES string of the molecule is c1ccc(-c2ccc(-c3nc(-c4ccccc4)nc(-c4ccc5c(c4)oc4cccc(-n6c7ccc(-c8ccccc8)cc7c7cc(-c8ccccc8)ccc76)c45)n3)cc2)cc1. The summed E-state index contributed by atoms with van der Waals surface area (Å²) in [5.74, 6) is 1.80. The number of aromatic nitrogens is 4. The summed E-state index contributed by atoms with van der Waals surface area (Å²) in [5, 5.41) is 4.46. The van der Waals surface area contributed by atoms with Crippen molar-refractivity contribution in [1.82, 2.24) is 19.5 Å². The van der Waals surface area contributed by atoms with Crippen molar-refractivity contribution >= 4 is 43.7 Å². The van der Waals surface area contributed by atoms with Crippen molar-refractivity contribution in [2.75, 3.05) is 0 Å². The van der Waals surface area contributed by atoms with Gasteiger partial charge in [-0.15, -0.1) is 0 Å². The maximum Gasteiger partial charge on any atom is 0.164 e. The topological polar surface area (TPSA) is 56.7 Å². The van der Waals surface area contributed by atoms with Crippen molar-refractivity contribution in [2.24, 2.45) is 0 Å². The Morgan fingerprint density at radius 1 is 0.290 bits per heavy atom. The number of nitrogens with zero attached hydrogens (tertiary/aromatic N) is 4. The van der Waals surface area contributed by atoms with Gasteiger partial charge in [0.05, 0.1) is 22.1 Å². The Hall–Kier alpha value is -8.41. The van der Waals surface area contributed by atoms with Gasteiger partial charge in [0.15, 0.2) is 17.5 Å². The Kier molecular flexibility index (Phi) is 8.42. The summed E-state index contributed by atoms with van der Waals surface area (Å²) < 4.78 is 9.13. The molecule has 0 fully saturated rings. The van der Waals surface area contributed by atoms with Crippen molar-refractivity contribution < 1.29 is 4.42 Å². The van der Waals surface area contributed by atoms with Crippen molar-refractivity contribution in [3.05, 3.63) is 218 Å². The zero-order chi connectivity index (χ0) is 41.0. The Balaban J connectivity index is 1.01. The molecule has 5 heteroatoms. The smallest absolute Gasteiger partial charge is 0.164 e. The molecule has 62 heavy (non-hydrogen) atoms. The van der Waals surface area contributed by atoms with E-state index in [2.05, 4.69) is 187 Å². The highest BCUT2D eigenvalue weighted by molar-refractivity contribution is 6.15. The molecule has 0 radical (unpaired) electrons. The van der Waals surface area contributed by atoms with Gasteiger partial charge in [-0.3, -0.25) is 0 Å². The van der Waals surface area contributed by atoms with Gasteiger partial charge < -0.3 is 8.98 Å². The second-order valence-electron chi connectivity index (χ2n) is 15.6. The summed E-state index contributed by atoms with van der Waals surface area (Å²) >= 11 is 0. The van der Waals surface area contributed by atoms with Crippen LogP contribution in [-0.4, -0.2) is 19.5 Å². The lowest BCUT2D eigenvalue weighted by Crippen LogP contribution is -2.00. The fourth-order valence-corrected chi connectivity index (χ4v) is 8.83. The molecule has 0 amide bonds. The molecular formula is C57H36N4O. The van der Waals surface area contributed by atoms with Gasteiger partial charge >= 0.3 is 0 Å². The Bertz CT molecular complexity index is 3500. The molecule has 290 valence electrons. The second-order valence-corrected chi connectivity index (χ2v) is 15.6. The maximum atomic E-state index is 6.73. The second kappa shape index (κ2) is 14.7. The van der Waals surface area contributed by atoms with Gasteiger partial charge in [-0.05, 0) is 81.9 Å². The molecule has 3 heterocycles. The van der Waals surface area contributed by atoms with Crippen LogP contribution in [0.25, 0.3) is 117 Å². The van der Waals surface area contributed by atoms with Gasteiger partial charge in [-0.25, -0.2) is 15.0 Å². The molecule has 0 saturated carbocycles. The third-order valence-corrected chi connectivity index (χ3v) is 11.9. The molecule has 0 bridgehead atoms. The summed E-state index contributed by atoms with van der Waals surface area (Å²) in [6.07, 6.45) is 0. The van der Waals surface area contributed by atoms with Crippen LogP contribution in [0.15, 0.2) is 223 Å². The quantitative estimate of drug-likeness (QED) is 0.161. The van der Waals surface area contributed by atoms with Crippen molar-refractivity contribution in [3.8, 4) is 73.2 Å². The fourth-order valence-electron chi connectivity index (χ4n) is 8.83. The van der Waals surface area contributed by atoms with Crippen LogP contribution in [0.5, 0.6) is 0 Å². The van der Waals surface area contributed by atoms with E-state index in [1.54, 1.807) is 0 Å². The van der Waals surface area contributed by atoms with Crippen LogP contribution in [0.4, 0.5) is 0 Å². The molecule has 0 saturated heterocycles. The van der Waals surface area contributed by atoms with Gasteiger partial charge in [-0.2, -0.15) is 0 Å². The van der Waals surface area contributed by atoms with Gasteiger partial charge in [0, 0.05) is 32.8 Å². The fraction of sp³-hybridized carbons (Fsp3) is 0. The van der Waals surface area contributed by atoms with E-state index < -0.39 is 0 Å². The Labute approximate surface area is 357 Å². The number of hydrogen-bond acceptors (Lipinski definition) is 4. The van der Waals surface area contributed by atoms with Gasteiger partial charge in [0.25, 0.3) is 0 Å². The first-order valence-corrected chi connectivity index (χ1v) is 20.8. The third-order valence-electron chi connectivity index (χ3n) is 11.9. The van der Waals surface area contributed by atoms with Crippen molar-refractivity contribution in [1.29, 1.82) is 0 Å². The third kappa shape index (κ3) is 6.14. The summed E-state index contributed by atoms with van der Waals surface area (Å²) in [7, 11) is 0. The lowest BCUT2D eigenvalue weighted by Gasteiger charge is -2.11. The number of furan rings is 1. The number of hydrogen-bond donors (Lipinski definition) is 0. The van der Waals surface area contributed by atoms with E-state index in [1.165, 1.54) is 33.0 Å². The zero-order valence-electron chi connectivity index (χ0n) is 33.5. The van der Waals surface area contributed by atoms with Crippen LogP contribution in [0.2, 0.25) is 0 Å². The Morgan fingerprint density at radius 2 is 0.710 bits per heavy atom. The molecule has 0 aliphatic carbocycles. The van der Waals surface area contributed by atoms with Crippen LogP contribution in [0.3, 0.4) is 0 Å². The predicted octanol–water partition coefficient (Wildman–Crippen LogP) is 14.9. The highest BCUT2D eigenvalue weighted by Gasteiger charge is 2.20. The highest BCUT2D eigenvalue weighted by Crippen LogP contribution is 2.42. The molecule has 3 aromatic heterocycles. The molecule has 12 aromatic rings. The number of fused-ring (bicyclic) bond motifs is 6. The molecule has 0 aliphatic rings.